The summed E-state index contributed by atoms with van der Waals surface area (Å²) >= 11 is 0. The van der Waals surface area contributed by atoms with E-state index in [0.717, 1.165) is 45.0 Å². The second kappa shape index (κ2) is 9.82. The van der Waals surface area contributed by atoms with Crippen LogP contribution in [0.15, 0.2) is 23.5 Å². The van der Waals surface area contributed by atoms with Gasteiger partial charge >= 0.3 is 0 Å². The summed E-state index contributed by atoms with van der Waals surface area (Å²) in [5.74, 6) is 1.72. The highest BCUT2D eigenvalue weighted by Gasteiger charge is 2.25. The van der Waals surface area contributed by atoms with Crippen LogP contribution >= 0.6 is 24.0 Å². The molecule has 0 saturated carbocycles. The Balaban J connectivity index is 0.00000261. The number of rotatable bonds is 4. The van der Waals surface area contributed by atoms with Gasteiger partial charge in [0.2, 0.25) is 16.0 Å². The van der Waals surface area contributed by atoms with E-state index in [1.54, 1.807) is 16.7 Å². The number of anilines is 1. The number of nitrogens with zero attached hydrogens (tertiary/aromatic N) is 6. The molecule has 2 aliphatic rings. The molecule has 0 unspecified atom stereocenters. The van der Waals surface area contributed by atoms with E-state index in [0.29, 0.717) is 31.5 Å². The molecule has 0 radical (unpaired) electrons. The first-order chi connectivity index (χ1) is 12.4. The van der Waals surface area contributed by atoms with E-state index in [1.165, 1.54) is 6.26 Å². The molecule has 2 aliphatic heterocycles. The van der Waals surface area contributed by atoms with Crippen LogP contribution in [0.3, 0.4) is 0 Å². The van der Waals surface area contributed by atoms with E-state index in [1.807, 2.05) is 6.07 Å². The van der Waals surface area contributed by atoms with Crippen LogP contribution in [0.2, 0.25) is 0 Å². The molecule has 152 valence electrons. The lowest BCUT2D eigenvalue weighted by Gasteiger charge is -2.35. The summed E-state index contributed by atoms with van der Waals surface area (Å²) in [6.07, 6.45) is 6.44. The highest BCUT2D eigenvalue weighted by Crippen LogP contribution is 2.19. The number of piperazine rings is 1. The van der Waals surface area contributed by atoms with Crippen LogP contribution in [0.4, 0.5) is 5.95 Å². The average Bonchev–Trinajstić information content (AvgIpc) is 2.66. The Kier molecular flexibility index (Phi) is 8.04. The predicted molar refractivity (Wildman–Crippen MR) is 117 cm³/mol. The second-order valence-electron chi connectivity index (χ2n) is 6.83. The molecular formula is C16H28IN7O2S. The van der Waals surface area contributed by atoms with Gasteiger partial charge in [0.25, 0.3) is 0 Å². The first kappa shape index (κ1) is 22.1. The third-order valence-corrected chi connectivity index (χ3v) is 6.30. The zero-order chi connectivity index (χ0) is 18.6. The largest absolute Gasteiger partial charge is 0.370 e. The van der Waals surface area contributed by atoms with Gasteiger partial charge in [0.1, 0.15) is 0 Å². The molecule has 0 atom stereocenters. The molecule has 2 fully saturated rings. The lowest BCUT2D eigenvalue weighted by molar-refractivity contribution is 0.279. The van der Waals surface area contributed by atoms with Crippen molar-refractivity contribution in [1.29, 1.82) is 0 Å². The Morgan fingerprint density at radius 3 is 2.30 bits per heavy atom. The van der Waals surface area contributed by atoms with Gasteiger partial charge in [0.15, 0.2) is 5.96 Å². The van der Waals surface area contributed by atoms with Gasteiger partial charge in [0, 0.05) is 58.2 Å². The van der Waals surface area contributed by atoms with Crippen molar-refractivity contribution in [1.82, 2.24) is 19.2 Å². The van der Waals surface area contributed by atoms with Crippen LogP contribution in [-0.4, -0.2) is 85.6 Å². The highest BCUT2D eigenvalue weighted by molar-refractivity contribution is 14.0. The SMILES string of the molecule is CS(=O)(=O)N1CCC(CN=C(N)N2CCN(c3ncccn3)CC2)CC1.I. The summed E-state index contributed by atoms with van der Waals surface area (Å²) in [5.41, 5.74) is 6.17. The van der Waals surface area contributed by atoms with E-state index in [-0.39, 0.29) is 24.0 Å². The summed E-state index contributed by atoms with van der Waals surface area (Å²) in [6, 6.07) is 1.81. The third kappa shape index (κ3) is 6.14. The van der Waals surface area contributed by atoms with Gasteiger partial charge in [-0.3, -0.25) is 4.99 Å². The zero-order valence-electron chi connectivity index (χ0n) is 15.6. The zero-order valence-corrected chi connectivity index (χ0v) is 18.7. The van der Waals surface area contributed by atoms with E-state index >= 15 is 0 Å². The fourth-order valence-electron chi connectivity index (χ4n) is 3.34. The number of hydrogen-bond acceptors (Lipinski definition) is 6. The third-order valence-electron chi connectivity index (χ3n) is 4.99. The molecule has 1 aromatic rings. The van der Waals surface area contributed by atoms with Crippen LogP contribution < -0.4 is 10.6 Å². The van der Waals surface area contributed by atoms with Crippen molar-refractivity contribution >= 4 is 45.9 Å². The van der Waals surface area contributed by atoms with Crippen LogP contribution in [0.5, 0.6) is 0 Å². The van der Waals surface area contributed by atoms with Gasteiger partial charge in [-0.05, 0) is 24.8 Å². The van der Waals surface area contributed by atoms with Gasteiger partial charge < -0.3 is 15.5 Å². The van der Waals surface area contributed by atoms with Crippen LogP contribution in [0, 0.1) is 5.92 Å². The molecule has 2 N–H and O–H groups in total. The Labute approximate surface area is 178 Å². The predicted octanol–water partition coefficient (Wildman–Crippen LogP) is 0.203. The normalized spacial score (nSPS) is 20.4. The van der Waals surface area contributed by atoms with E-state index in [9.17, 15) is 8.42 Å². The van der Waals surface area contributed by atoms with Gasteiger partial charge in [-0.2, -0.15) is 0 Å². The summed E-state index contributed by atoms with van der Waals surface area (Å²) in [4.78, 5) is 17.4. The summed E-state index contributed by atoms with van der Waals surface area (Å²) in [7, 11) is -3.08. The van der Waals surface area contributed by atoms with Crippen LogP contribution in [-0.2, 0) is 10.0 Å². The second-order valence-corrected chi connectivity index (χ2v) is 8.81. The minimum Gasteiger partial charge on any atom is -0.370 e. The molecule has 0 aliphatic carbocycles. The highest BCUT2D eigenvalue weighted by atomic mass is 127. The van der Waals surface area contributed by atoms with Crippen molar-refractivity contribution in [3.63, 3.8) is 0 Å². The first-order valence-electron chi connectivity index (χ1n) is 8.95. The molecular weight excluding hydrogens is 481 g/mol. The summed E-state index contributed by atoms with van der Waals surface area (Å²) < 4.78 is 24.7. The van der Waals surface area contributed by atoms with Gasteiger partial charge in [-0.25, -0.2) is 22.7 Å². The van der Waals surface area contributed by atoms with Crippen molar-refractivity contribution in [2.75, 3.05) is 57.0 Å². The molecule has 2 saturated heterocycles. The maximum absolute atomic E-state index is 11.6. The number of hydrogen-bond donors (Lipinski definition) is 1. The number of halogens is 1. The maximum Gasteiger partial charge on any atom is 0.225 e. The summed E-state index contributed by atoms with van der Waals surface area (Å²) in [5, 5.41) is 0. The van der Waals surface area contributed by atoms with E-state index in [2.05, 4.69) is 24.8 Å². The Morgan fingerprint density at radius 1 is 1.15 bits per heavy atom. The van der Waals surface area contributed by atoms with E-state index < -0.39 is 10.0 Å². The van der Waals surface area contributed by atoms with E-state index in [4.69, 9.17) is 5.73 Å². The maximum atomic E-state index is 11.6. The molecule has 11 heteroatoms. The fraction of sp³-hybridized carbons (Fsp3) is 0.688. The van der Waals surface area contributed by atoms with Gasteiger partial charge in [0.05, 0.1) is 6.26 Å². The number of nitrogens with two attached hydrogens (primary N) is 1. The molecule has 1 aromatic heterocycles. The number of aliphatic imine (C=N–C) groups is 1. The van der Waals surface area contributed by atoms with Gasteiger partial charge in [-0.1, -0.05) is 0 Å². The molecule has 3 rings (SSSR count). The number of aromatic nitrogens is 2. The minimum absolute atomic E-state index is 0. The van der Waals surface area contributed by atoms with Crippen molar-refractivity contribution in [3.8, 4) is 0 Å². The molecule has 0 spiro atoms. The molecule has 3 heterocycles. The van der Waals surface area contributed by atoms with Crippen molar-refractivity contribution in [2.24, 2.45) is 16.6 Å². The monoisotopic (exact) mass is 509 g/mol. The molecule has 9 nitrogen and oxygen atoms in total. The average molecular weight is 509 g/mol. The quantitative estimate of drug-likeness (QED) is 0.351. The fourth-order valence-corrected chi connectivity index (χ4v) is 4.21. The molecule has 0 amide bonds. The first-order valence-corrected chi connectivity index (χ1v) is 10.8. The number of guanidine groups is 1. The minimum atomic E-state index is -3.08. The molecule has 27 heavy (non-hydrogen) atoms. The van der Waals surface area contributed by atoms with Crippen molar-refractivity contribution in [3.05, 3.63) is 18.5 Å². The lowest BCUT2D eigenvalue weighted by atomic mass is 9.98. The number of sulfonamides is 1. The van der Waals surface area contributed by atoms with Crippen molar-refractivity contribution in [2.45, 2.75) is 12.8 Å². The molecule has 0 bridgehead atoms. The smallest absolute Gasteiger partial charge is 0.225 e. The standard InChI is InChI=1S/C16H27N7O2S.HI/c1-26(24,25)23-7-3-14(4-8-23)13-20-15(17)21-9-11-22(12-10-21)16-18-5-2-6-19-16;/h2,5-6,14H,3-4,7-13H2,1H3,(H2,17,20);1H. The number of piperidine rings is 1. The van der Waals surface area contributed by atoms with Gasteiger partial charge in [-0.15, -0.1) is 24.0 Å². The topological polar surface area (TPSA) is 108 Å². The van der Waals surface area contributed by atoms with Crippen LogP contribution in [0.25, 0.3) is 0 Å². The Bertz CT molecular complexity index is 716. The van der Waals surface area contributed by atoms with Crippen molar-refractivity contribution < 1.29 is 8.42 Å². The summed E-state index contributed by atoms with van der Waals surface area (Å²) in [6.45, 7) is 5.02. The molecule has 0 aromatic carbocycles. The Hall–Kier alpha value is -1.21. The van der Waals surface area contributed by atoms with Crippen LogP contribution in [0.1, 0.15) is 12.8 Å². The lowest BCUT2D eigenvalue weighted by Crippen LogP contribution is -2.51. The Morgan fingerprint density at radius 2 is 1.74 bits per heavy atom.